The molecule has 10 heteroatoms. The number of amides is 1. The second-order valence-corrected chi connectivity index (χ2v) is 7.77. The molecule has 3 aliphatic rings. The fraction of sp³-hybridized carbons (Fsp3) is 0.889. The number of carboxylic acid groups (broad SMARTS) is 1. The highest BCUT2D eigenvalue weighted by atomic mass is 19.4. The number of ether oxygens (including phenoxy) is 2. The first-order chi connectivity index (χ1) is 13.1. The van der Waals surface area contributed by atoms with Crippen LogP contribution < -0.4 is 0 Å². The Morgan fingerprint density at radius 3 is 2.39 bits per heavy atom. The molecule has 0 bridgehead atoms. The van der Waals surface area contributed by atoms with Gasteiger partial charge >= 0.3 is 12.1 Å². The largest absolute Gasteiger partial charge is 0.490 e. The molecule has 28 heavy (non-hydrogen) atoms. The van der Waals surface area contributed by atoms with Crippen molar-refractivity contribution in [2.24, 2.45) is 11.8 Å². The molecule has 0 unspecified atom stereocenters. The van der Waals surface area contributed by atoms with Gasteiger partial charge in [-0.05, 0) is 25.2 Å². The molecule has 3 atom stereocenters. The molecule has 1 aliphatic carbocycles. The predicted molar refractivity (Wildman–Crippen MR) is 93.8 cm³/mol. The molecule has 7 nitrogen and oxygen atoms in total. The Kier molecular flexibility index (Phi) is 8.08. The average Bonchev–Trinajstić information content (AvgIpc) is 3.10. The number of hydrogen-bond donors (Lipinski definition) is 1. The number of fused-ring (bicyclic) bond motifs is 1. The lowest BCUT2D eigenvalue weighted by atomic mass is 9.89. The third-order valence-electron chi connectivity index (χ3n) is 5.66. The van der Waals surface area contributed by atoms with E-state index in [4.69, 9.17) is 19.4 Å². The van der Waals surface area contributed by atoms with Crippen LogP contribution in [-0.4, -0.2) is 92.1 Å². The number of carbonyl (C=O) groups is 2. The van der Waals surface area contributed by atoms with Crippen molar-refractivity contribution in [2.45, 2.75) is 44.0 Å². The van der Waals surface area contributed by atoms with Crippen molar-refractivity contribution in [2.75, 3.05) is 47.0 Å². The number of carboxylic acids is 1. The Morgan fingerprint density at radius 1 is 1.25 bits per heavy atom. The van der Waals surface area contributed by atoms with Crippen LogP contribution in [0.4, 0.5) is 13.2 Å². The zero-order valence-electron chi connectivity index (χ0n) is 16.3. The van der Waals surface area contributed by atoms with Gasteiger partial charge in [0, 0.05) is 45.8 Å². The van der Waals surface area contributed by atoms with Crippen LogP contribution in [0.15, 0.2) is 0 Å². The molecule has 1 N–H and O–H groups in total. The lowest BCUT2D eigenvalue weighted by molar-refractivity contribution is -0.192. The number of aliphatic carboxylic acids is 1. The maximum absolute atomic E-state index is 11.4. The fourth-order valence-corrected chi connectivity index (χ4v) is 3.70. The molecule has 0 aromatic heterocycles. The molecular formula is C18H29F3N2O5. The minimum absolute atomic E-state index is 0.0348. The summed E-state index contributed by atoms with van der Waals surface area (Å²) in [4.78, 5) is 24.6. The molecule has 1 saturated carbocycles. The van der Waals surface area contributed by atoms with Crippen LogP contribution in [0.2, 0.25) is 0 Å². The SMILES string of the molecule is CN(C)C(=O)COCC[C@H]1CO[C@H]2CN(C3CCC3)C[C@@H]12.O=C(O)C(F)(F)F. The molecule has 0 aromatic carbocycles. The Bertz CT molecular complexity index is 540. The summed E-state index contributed by atoms with van der Waals surface area (Å²) < 4.78 is 43.2. The summed E-state index contributed by atoms with van der Waals surface area (Å²) in [6, 6.07) is 0.828. The first kappa shape index (κ1) is 22.9. The van der Waals surface area contributed by atoms with Gasteiger partial charge in [-0.25, -0.2) is 4.79 Å². The highest BCUT2D eigenvalue weighted by Gasteiger charge is 2.45. The lowest BCUT2D eigenvalue weighted by Gasteiger charge is -2.35. The number of hydrogen-bond acceptors (Lipinski definition) is 5. The number of likely N-dealkylation sites (N-methyl/N-ethyl adjacent to an activating group) is 1. The van der Waals surface area contributed by atoms with E-state index < -0.39 is 12.1 Å². The second kappa shape index (κ2) is 9.89. The van der Waals surface area contributed by atoms with Gasteiger partial charge in [0.2, 0.25) is 5.91 Å². The van der Waals surface area contributed by atoms with Crippen LogP contribution in [0.1, 0.15) is 25.7 Å². The Labute approximate surface area is 162 Å². The lowest BCUT2D eigenvalue weighted by Crippen LogP contribution is -2.39. The predicted octanol–water partition coefficient (Wildman–Crippen LogP) is 1.61. The van der Waals surface area contributed by atoms with Gasteiger partial charge in [-0.3, -0.25) is 9.69 Å². The van der Waals surface area contributed by atoms with Gasteiger partial charge in [0.25, 0.3) is 0 Å². The van der Waals surface area contributed by atoms with Gasteiger partial charge in [-0.15, -0.1) is 0 Å². The van der Waals surface area contributed by atoms with Crippen molar-refractivity contribution >= 4 is 11.9 Å². The van der Waals surface area contributed by atoms with Crippen LogP contribution >= 0.6 is 0 Å². The Hall–Kier alpha value is -1.39. The smallest absolute Gasteiger partial charge is 0.475 e. The van der Waals surface area contributed by atoms with Crippen molar-refractivity contribution in [1.82, 2.24) is 9.80 Å². The topological polar surface area (TPSA) is 79.3 Å². The molecule has 2 aliphatic heterocycles. The molecular weight excluding hydrogens is 381 g/mol. The summed E-state index contributed by atoms with van der Waals surface area (Å²) in [5.41, 5.74) is 0. The molecule has 3 fully saturated rings. The number of carbonyl (C=O) groups excluding carboxylic acids is 1. The van der Waals surface area contributed by atoms with Gasteiger partial charge in [-0.2, -0.15) is 13.2 Å². The molecule has 3 rings (SSSR count). The highest BCUT2D eigenvalue weighted by molar-refractivity contribution is 5.76. The summed E-state index contributed by atoms with van der Waals surface area (Å²) in [6.45, 7) is 4.07. The monoisotopic (exact) mass is 410 g/mol. The van der Waals surface area contributed by atoms with Gasteiger partial charge < -0.3 is 19.5 Å². The molecule has 1 amide bonds. The quantitative estimate of drug-likeness (QED) is 0.671. The van der Waals surface area contributed by atoms with Crippen LogP contribution in [0, 0.1) is 11.8 Å². The summed E-state index contributed by atoms with van der Waals surface area (Å²) in [6.07, 6.45) is 0.522. The first-order valence-corrected chi connectivity index (χ1v) is 9.53. The molecule has 0 radical (unpaired) electrons. The number of rotatable bonds is 6. The normalized spacial score (nSPS) is 27.5. The molecule has 2 saturated heterocycles. The summed E-state index contributed by atoms with van der Waals surface area (Å²) >= 11 is 0. The highest BCUT2D eigenvalue weighted by Crippen LogP contribution is 2.39. The van der Waals surface area contributed by atoms with E-state index in [1.54, 1.807) is 19.0 Å². The van der Waals surface area contributed by atoms with Crippen LogP contribution in [0.3, 0.4) is 0 Å². The summed E-state index contributed by atoms with van der Waals surface area (Å²) in [5, 5.41) is 7.12. The Morgan fingerprint density at radius 2 is 1.89 bits per heavy atom. The number of alkyl halides is 3. The maximum atomic E-state index is 11.4. The Balaban J connectivity index is 0.000000345. The van der Waals surface area contributed by atoms with E-state index in [2.05, 4.69) is 4.90 Å². The first-order valence-electron chi connectivity index (χ1n) is 9.53. The summed E-state index contributed by atoms with van der Waals surface area (Å²) in [7, 11) is 3.52. The fourth-order valence-electron chi connectivity index (χ4n) is 3.70. The molecule has 162 valence electrons. The standard InChI is InChI=1S/C16H28N2O3.C2HF3O2/c1-17(2)16(19)11-20-7-6-12-10-21-15-9-18(8-14(12)15)13-4-3-5-13;3-2(4,5)1(6)7/h12-15H,3-11H2,1-2H3;(H,6,7)/t12-,14-,15-;/m0./s1. The average molecular weight is 410 g/mol. The van der Waals surface area contributed by atoms with Crippen molar-refractivity contribution in [3.05, 3.63) is 0 Å². The molecule has 2 heterocycles. The van der Waals surface area contributed by atoms with Crippen molar-refractivity contribution in [3.8, 4) is 0 Å². The van der Waals surface area contributed by atoms with Crippen LogP contribution in [0.5, 0.6) is 0 Å². The van der Waals surface area contributed by atoms with E-state index in [-0.39, 0.29) is 12.5 Å². The van der Waals surface area contributed by atoms with Gasteiger partial charge in [0.1, 0.15) is 6.61 Å². The van der Waals surface area contributed by atoms with Crippen LogP contribution in [0.25, 0.3) is 0 Å². The van der Waals surface area contributed by atoms with Crippen molar-refractivity contribution in [1.29, 1.82) is 0 Å². The van der Waals surface area contributed by atoms with Gasteiger partial charge in [0.15, 0.2) is 0 Å². The molecule has 0 spiro atoms. The zero-order valence-corrected chi connectivity index (χ0v) is 16.3. The van der Waals surface area contributed by atoms with E-state index >= 15 is 0 Å². The van der Waals surface area contributed by atoms with E-state index in [9.17, 15) is 18.0 Å². The van der Waals surface area contributed by atoms with E-state index in [0.29, 0.717) is 24.5 Å². The van der Waals surface area contributed by atoms with Gasteiger partial charge in [0.05, 0.1) is 12.7 Å². The van der Waals surface area contributed by atoms with E-state index in [0.717, 1.165) is 25.6 Å². The van der Waals surface area contributed by atoms with E-state index in [1.165, 1.54) is 25.8 Å². The van der Waals surface area contributed by atoms with E-state index in [1.807, 2.05) is 0 Å². The number of halogens is 3. The minimum atomic E-state index is -5.08. The second-order valence-electron chi connectivity index (χ2n) is 7.77. The number of nitrogens with zero attached hydrogens (tertiary/aromatic N) is 2. The third kappa shape index (κ3) is 6.31. The van der Waals surface area contributed by atoms with Crippen molar-refractivity contribution in [3.63, 3.8) is 0 Å². The van der Waals surface area contributed by atoms with Crippen molar-refractivity contribution < 1.29 is 37.3 Å². The van der Waals surface area contributed by atoms with Crippen LogP contribution in [-0.2, 0) is 19.1 Å². The maximum Gasteiger partial charge on any atom is 0.490 e. The third-order valence-corrected chi connectivity index (χ3v) is 5.66. The summed E-state index contributed by atoms with van der Waals surface area (Å²) in [5.74, 6) is -1.44. The van der Waals surface area contributed by atoms with Gasteiger partial charge in [-0.1, -0.05) is 6.42 Å². The zero-order chi connectivity index (χ0) is 20.9. The number of likely N-dealkylation sites (tertiary alicyclic amines) is 1. The minimum Gasteiger partial charge on any atom is -0.475 e. The molecule has 0 aromatic rings.